The first-order chi connectivity index (χ1) is 13.1. The third-order valence-electron chi connectivity index (χ3n) is 5.50. The van der Waals surface area contributed by atoms with Crippen molar-refractivity contribution in [2.45, 2.75) is 58.4 Å². The third-order valence-corrected chi connectivity index (χ3v) is 5.50. The molecule has 1 aliphatic heterocycles. The van der Waals surface area contributed by atoms with Gasteiger partial charge in [-0.05, 0) is 44.2 Å². The first kappa shape index (κ1) is 19.4. The van der Waals surface area contributed by atoms with Gasteiger partial charge in [0.25, 0.3) is 11.8 Å². The van der Waals surface area contributed by atoms with Crippen LogP contribution in [0.4, 0.5) is 0 Å². The van der Waals surface area contributed by atoms with Gasteiger partial charge in [0.15, 0.2) is 5.69 Å². The number of hydrogen-bond acceptors (Lipinski definition) is 3. The number of likely N-dealkylation sites (tertiary alicyclic amines) is 1. The largest absolute Gasteiger partial charge is 0.340 e. The molecule has 1 fully saturated rings. The molecule has 2 amide bonds. The zero-order valence-electron chi connectivity index (χ0n) is 16.6. The molecule has 6 heteroatoms. The van der Waals surface area contributed by atoms with Gasteiger partial charge in [0.1, 0.15) is 0 Å². The number of aromatic nitrogens is 2. The van der Waals surface area contributed by atoms with Crippen LogP contribution >= 0.6 is 0 Å². The maximum absolute atomic E-state index is 13.3. The first-order valence-electron chi connectivity index (χ1n) is 10.1. The molecule has 3 rings (SSSR count). The number of piperidine rings is 1. The summed E-state index contributed by atoms with van der Waals surface area (Å²) in [5.41, 5.74) is 1.06. The molecule has 1 atom stereocenters. The second kappa shape index (κ2) is 8.55. The molecule has 6 nitrogen and oxygen atoms in total. The summed E-state index contributed by atoms with van der Waals surface area (Å²) in [7, 11) is 1.80. The lowest BCUT2D eigenvalue weighted by atomic mass is 10.00. The Labute approximate surface area is 161 Å². The van der Waals surface area contributed by atoms with Crippen LogP contribution in [0.25, 0.3) is 5.52 Å². The highest BCUT2D eigenvalue weighted by Crippen LogP contribution is 2.23. The van der Waals surface area contributed by atoms with Gasteiger partial charge in [0.05, 0.1) is 5.52 Å². The van der Waals surface area contributed by atoms with Crippen LogP contribution in [-0.2, 0) is 0 Å². The topological polar surface area (TPSA) is 57.9 Å². The van der Waals surface area contributed by atoms with E-state index in [9.17, 15) is 9.59 Å². The van der Waals surface area contributed by atoms with E-state index in [0.29, 0.717) is 23.6 Å². The summed E-state index contributed by atoms with van der Waals surface area (Å²) in [4.78, 5) is 34.4. The molecular formula is C21H30N4O2. The number of nitrogens with zero attached hydrogens (tertiary/aromatic N) is 4. The molecule has 0 aliphatic carbocycles. The van der Waals surface area contributed by atoms with Crippen LogP contribution in [0.3, 0.4) is 0 Å². The minimum atomic E-state index is -0.128. The van der Waals surface area contributed by atoms with Crippen molar-refractivity contribution in [1.29, 1.82) is 0 Å². The predicted octanol–water partition coefficient (Wildman–Crippen LogP) is 3.61. The lowest BCUT2D eigenvalue weighted by Gasteiger charge is -2.34. The fraction of sp³-hybridized carbons (Fsp3) is 0.571. The molecule has 1 saturated heterocycles. The van der Waals surface area contributed by atoms with E-state index in [-0.39, 0.29) is 17.9 Å². The van der Waals surface area contributed by atoms with Crippen LogP contribution in [0.2, 0.25) is 0 Å². The summed E-state index contributed by atoms with van der Waals surface area (Å²) >= 11 is 0. The van der Waals surface area contributed by atoms with Crippen molar-refractivity contribution in [3.8, 4) is 0 Å². The van der Waals surface area contributed by atoms with Gasteiger partial charge in [-0.3, -0.25) is 14.0 Å². The molecule has 2 aromatic heterocycles. The van der Waals surface area contributed by atoms with Gasteiger partial charge in [-0.15, -0.1) is 0 Å². The molecule has 3 heterocycles. The van der Waals surface area contributed by atoms with E-state index < -0.39 is 0 Å². The fourth-order valence-corrected chi connectivity index (χ4v) is 3.84. The second-order valence-electron chi connectivity index (χ2n) is 7.38. The average molecular weight is 370 g/mol. The van der Waals surface area contributed by atoms with Crippen molar-refractivity contribution >= 4 is 17.3 Å². The Hall–Kier alpha value is -2.37. The normalized spacial score (nSPS) is 17.3. The van der Waals surface area contributed by atoms with E-state index in [1.54, 1.807) is 16.3 Å². The van der Waals surface area contributed by atoms with E-state index in [1.807, 2.05) is 29.3 Å². The Bertz CT molecular complexity index is 814. The standard InChI is InChI=1S/C21H30N4O2/c1-4-6-13-23(3)20(26)18-17-12-8-10-15-25(17)19(22-18)21(27)24-14-9-7-11-16(24)5-2/h8,10,12,15-16H,4-7,9,11,13-14H2,1-3H3. The van der Waals surface area contributed by atoms with Crippen molar-refractivity contribution in [2.24, 2.45) is 0 Å². The van der Waals surface area contributed by atoms with E-state index in [2.05, 4.69) is 18.8 Å². The minimum absolute atomic E-state index is 0.0713. The molecule has 1 aliphatic rings. The van der Waals surface area contributed by atoms with Crippen LogP contribution in [0.15, 0.2) is 24.4 Å². The second-order valence-corrected chi connectivity index (χ2v) is 7.38. The average Bonchev–Trinajstić information content (AvgIpc) is 3.10. The van der Waals surface area contributed by atoms with Crippen LogP contribution in [0, 0.1) is 0 Å². The van der Waals surface area contributed by atoms with Crippen LogP contribution in [-0.4, -0.2) is 57.2 Å². The molecule has 0 N–H and O–H groups in total. The van der Waals surface area contributed by atoms with Gasteiger partial charge >= 0.3 is 0 Å². The summed E-state index contributed by atoms with van der Waals surface area (Å²) in [5, 5.41) is 0. The molecule has 0 bridgehead atoms. The van der Waals surface area contributed by atoms with Crippen molar-refractivity contribution < 1.29 is 9.59 Å². The van der Waals surface area contributed by atoms with E-state index in [0.717, 1.165) is 45.1 Å². The molecule has 27 heavy (non-hydrogen) atoms. The number of carbonyl (C=O) groups is 2. The number of unbranched alkanes of at least 4 members (excludes halogenated alkanes) is 1. The number of carbonyl (C=O) groups excluding carboxylic acids is 2. The third kappa shape index (κ3) is 3.84. The number of imidazole rings is 1. The van der Waals surface area contributed by atoms with Crippen LogP contribution in [0.5, 0.6) is 0 Å². The van der Waals surface area contributed by atoms with Gasteiger partial charge in [0, 0.05) is 32.4 Å². The van der Waals surface area contributed by atoms with Crippen molar-refractivity contribution in [3.63, 3.8) is 0 Å². The van der Waals surface area contributed by atoms with Crippen LogP contribution < -0.4 is 0 Å². The summed E-state index contributed by atoms with van der Waals surface area (Å²) in [5.74, 6) is 0.146. The van der Waals surface area contributed by atoms with E-state index >= 15 is 0 Å². The number of rotatable bonds is 6. The summed E-state index contributed by atoms with van der Waals surface area (Å²) < 4.78 is 1.77. The molecule has 0 aromatic carbocycles. The summed E-state index contributed by atoms with van der Waals surface area (Å²) in [6, 6.07) is 5.87. The summed E-state index contributed by atoms with van der Waals surface area (Å²) in [6.07, 6.45) is 7.97. The maximum Gasteiger partial charge on any atom is 0.290 e. The Morgan fingerprint density at radius 3 is 2.81 bits per heavy atom. The SMILES string of the molecule is CCCCN(C)C(=O)c1nc(C(=O)N2CCCCC2CC)n2ccccc12. The van der Waals surface area contributed by atoms with Gasteiger partial charge < -0.3 is 9.80 Å². The number of pyridine rings is 1. The molecule has 0 spiro atoms. The van der Waals surface area contributed by atoms with Gasteiger partial charge in [-0.1, -0.05) is 26.3 Å². The highest BCUT2D eigenvalue weighted by atomic mass is 16.2. The Morgan fingerprint density at radius 1 is 1.26 bits per heavy atom. The molecule has 146 valence electrons. The number of hydrogen-bond donors (Lipinski definition) is 0. The molecular weight excluding hydrogens is 340 g/mol. The zero-order chi connectivity index (χ0) is 19.4. The lowest BCUT2D eigenvalue weighted by molar-refractivity contribution is 0.0594. The Morgan fingerprint density at radius 2 is 2.07 bits per heavy atom. The number of fused-ring (bicyclic) bond motifs is 1. The fourth-order valence-electron chi connectivity index (χ4n) is 3.84. The summed E-state index contributed by atoms with van der Waals surface area (Å²) in [6.45, 7) is 5.68. The van der Waals surface area contributed by atoms with Gasteiger partial charge in [-0.25, -0.2) is 4.98 Å². The molecule has 0 radical (unpaired) electrons. The molecule has 1 unspecified atom stereocenters. The first-order valence-corrected chi connectivity index (χ1v) is 10.1. The lowest BCUT2D eigenvalue weighted by Crippen LogP contribution is -2.44. The predicted molar refractivity (Wildman–Crippen MR) is 106 cm³/mol. The van der Waals surface area contributed by atoms with Crippen molar-refractivity contribution in [3.05, 3.63) is 35.9 Å². The van der Waals surface area contributed by atoms with Crippen molar-refractivity contribution in [1.82, 2.24) is 19.2 Å². The van der Waals surface area contributed by atoms with E-state index in [4.69, 9.17) is 0 Å². The van der Waals surface area contributed by atoms with Crippen molar-refractivity contribution in [2.75, 3.05) is 20.1 Å². The Kier molecular flexibility index (Phi) is 6.14. The van der Waals surface area contributed by atoms with Gasteiger partial charge in [-0.2, -0.15) is 0 Å². The number of amides is 2. The molecule has 2 aromatic rings. The van der Waals surface area contributed by atoms with Gasteiger partial charge in [0.2, 0.25) is 5.82 Å². The quantitative estimate of drug-likeness (QED) is 0.780. The highest BCUT2D eigenvalue weighted by Gasteiger charge is 2.31. The smallest absolute Gasteiger partial charge is 0.290 e. The van der Waals surface area contributed by atoms with Crippen LogP contribution in [0.1, 0.15) is 73.5 Å². The maximum atomic E-state index is 13.3. The minimum Gasteiger partial charge on any atom is -0.340 e. The highest BCUT2D eigenvalue weighted by molar-refractivity contribution is 6.02. The zero-order valence-corrected chi connectivity index (χ0v) is 16.6. The van der Waals surface area contributed by atoms with E-state index in [1.165, 1.54) is 0 Å². The monoisotopic (exact) mass is 370 g/mol. The molecule has 0 saturated carbocycles. The Balaban J connectivity index is 1.97.